The number of halogens is 2. The van der Waals surface area contributed by atoms with Crippen LogP contribution in [-0.2, 0) is 9.59 Å². The van der Waals surface area contributed by atoms with Crippen LogP contribution in [0.15, 0.2) is 18.2 Å². The van der Waals surface area contributed by atoms with Crippen molar-refractivity contribution < 1.29 is 19.4 Å². The van der Waals surface area contributed by atoms with Crippen LogP contribution in [0.1, 0.15) is 6.42 Å². The number of ether oxygens (including phenoxy) is 1. The molecular weight excluding hydrogens is 305 g/mol. The highest BCUT2D eigenvalue weighted by Gasteiger charge is 2.32. The Kier molecular flexibility index (Phi) is 4.73. The lowest BCUT2D eigenvalue weighted by atomic mass is 9.96. The number of carboxylic acid groups (broad SMARTS) is 1. The number of hydrogen-bond donors (Lipinski definition) is 1. The molecule has 5 nitrogen and oxygen atoms in total. The van der Waals surface area contributed by atoms with Crippen molar-refractivity contribution in [2.45, 2.75) is 6.42 Å². The molecule has 1 N–H and O–H groups in total. The number of likely N-dealkylation sites (tertiary alicyclic amines) is 1. The quantitative estimate of drug-likeness (QED) is 0.905. The van der Waals surface area contributed by atoms with Gasteiger partial charge in [-0.1, -0.05) is 23.2 Å². The molecule has 1 amide bonds. The Balaban J connectivity index is 1.78. The molecule has 1 aromatic rings. The molecule has 1 saturated heterocycles. The van der Waals surface area contributed by atoms with Gasteiger partial charge in [-0.15, -0.1) is 0 Å². The van der Waals surface area contributed by atoms with E-state index >= 15 is 0 Å². The zero-order chi connectivity index (χ0) is 14.7. The normalized spacial score (nSPS) is 14.8. The molecule has 0 saturated carbocycles. The number of rotatable bonds is 5. The van der Waals surface area contributed by atoms with E-state index in [2.05, 4.69) is 0 Å². The summed E-state index contributed by atoms with van der Waals surface area (Å²) >= 11 is 11.7. The first-order valence-corrected chi connectivity index (χ1v) is 6.78. The molecule has 7 heteroatoms. The Bertz CT molecular complexity index is 529. The van der Waals surface area contributed by atoms with Gasteiger partial charge >= 0.3 is 5.97 Å². The van der Waals surface area contributed by atoms with Gasteiger partial charge in [0.1, 0.15) is 5.75 Å². The Morgan fingerprint density at radius 2 is 2.05 bits per heavy atom. The molecule has 0 atom stereocenters. The van der Waals surface area contributed by atoms with Crippen molar-refractivity contribution in [2.24, 2.45) is 5.92 Å². The maximum Gasteiger partial charge on any atom is 0.303 e. The predicted molar refractivity (Wildman–Crippen MR) is 74.3 cm³/mol. The van der Waals surface area contributed by atoms with Crippen LogP contribution >= 0.6 is 23.2 Å². The highest BCUT2D eigenvalue weighted by Crippen LogP contribution is 2.27. The summed E-state index contributed by atoms with van der Waals surface area (Å²) in [7, 11) is 0. The molecule has 1 aromatic carbocycles. The van der Waals surface area contributed by atoms with Crippen LogP contribution in [0.2, 0.25) is 10.0 Å². The fourth-order valence-corrected chi connectivity index (χ4v) is 2.44. The van der Waals surface area contributed by atoms with Gasteiger partial charge in [-0.05, 0) is 18.2 Å². The molecule has 1 aliphatic heterocycles. The molecule has 0 aliphatic carbocycles. The van der Waals surface area contributed by atoms with Crippen molar-refractivity contribution in [1.29, 1.82) is 0 Å². The minimum Gasteiger partial charge on any atom is -0.482 e. The van der Waals surface area contributed by atoms with Crippen molar-refractivity contribution in [3.05, 3.63) is 28.2 Å². The van der Waals surface area contributed by atoms with Gasteiger partial charge in [0, 0.05) is 24.0 Å². The molecule has 20 heavy (non-hydrogen) atoms. The Labute approximate surface area is 126 Å². The summed E-state index contributed by atoms with van der Waals surface area (Å²) in [5.41, 5.74) is 0. The standard InChI is InChI=1S/C13H13Cl2NO4/c14-9-1-2-11(10(15)4-9)20-7-12(17)16-5-8(6-16)3-13(18)19/h1-2,4,8H,3,5-7H2,(H,18,19). The van der Waals surface area contributed by atoms with E-state index < -0.39 is 5.97 Å². The summed E-state index contributed by atoms with van der Waals surface area (Å²) < 4.78 is 5.33. The van der Waals surface area contributed by atoms with E-state index in [1.807, 2.05) is 0 Å². The summed E-state index contributed by atoms with van der Waals surface area (Å²) in [6.45, 7) is 0.798. The van der Waals surface area contributed by atoms with Gasteiger partial charge in [0.05, 0.1) is 11.4 Å². The lowest BCUT2D eigenvalue weighted by Gasteiger charge is -2.38. The second-order valence-electron chi connectivity index (χ2n) is 4.63. The van der Waals surface area contributed by atoms with Crippen molar-refractivity contribution in [3.8, 4) is 5.75 Å². The van der Waals surface area contributed by atoms with E-state index in [4.69, 9.17) is 33.0 Å². The Morgan fingerprint density at radius 3 is 2.65 bits per heavy atom. The molecule has 2 rings (SSSR count). The lowest BCUT2D eigenvalue weighted by molar-refractivity contribution is -0.146. The number of benzene rings is 1. The highest BCUT2D eigenvalue weighted by molar-refractivity contribution is 6.35. The van der Waals surface area contributed by atoms with Crippen LogP contribution in [0.5, 0.6) is 5.75 Å². The summed E-state index contributed by atoms with van der Waals surface area (Å²) in [5, 5.41) is 9.46. The van der Waals surface area contributed by atoms with Gasteiger partial charge in [0.25, 0.3) is 5.91 Å². The van der Waals surface area contributed by atoms with Gasteiger partial charge in [-0.25, -0.2) is 0 Å². The van der Waals surface area contributed by atoms with Crippen LogP contribution in [-0.4, -0.2) is 41.6 Å². The van der Waals surface area contributed by atoms with Gasteiger partial charge < -0.3 is 14.7 Å². The number of aliphatic carboxylic acids is 1. The molecule has 1 heterocycles. The summed E-state index contributed by atoms with van der Waals surface area (Å²) in [6.07, 6.45) is 0.0909. The van der Waals surface area contributed by atoms with Crippen molar-refractivity contribution in [3.63, 3.8) is 0 Å². The van der Waals surface area contributed by atoms with E-state index in [-0.39, 0.29) is 24.9 Å². The van der Waals surface area contributed by atoms with E-state index in [0.29, 0.717) is 28.9 Å². The van der Waals surface area contributed by atoms with Crippen LogP contribution < -0.4 is 4.74 Å². The number of carbonyl (C=O) groups is 2. The summed E-state index contributed by atoms with van der Waals surface area (Å²) in [4.78, 5) is 23.9. The van der Waals surface area contributed by atoms with E-state index in [1.54, 1.807) is 17.0 Å². The maximum atomic E-state index is 11.8. The molecule has 0 unspecified atom stereocenters. The average Bonchev–Trinajstić information content (AvgIpc) is 2.31. The average molecular weight is 318 g/mol. The van der Waals surface area contributed by atoms with Crippen LogP contribution in [0.3, 0.4) is 0 Å². The van der Waals surface area contributed by atoms with Gasteiger partial charge in [-0.2, -0.15) is 0 Å². The summed E-state index contributed by atoms with van der Waals surface area (Å²) in [6, 6.07) is 4.76. The molecule has 1 aliphatic rings. The third kappa shape index (κ3) is 3.77. The van der Waals surface area contributed by atoms with Gasteiger partial charge in [0.2, 0.25) is 0 Å². The molecule has 0 bridgehead atoms. The largest absolute Gasteiger partial charge is 0.482 e. The van der Waals surface area contributed by atoms with E-state index in [1.165, 1.54) is 6.07 Å². The Morgan fingerprint density at radius 1 is 1.35 bits per heavy atom. The zero-order valence-corrected chi connectivity index (χ0v) is 12.0. The maximum absolute atomic E-state index is 11.8. The Hall–Kier alpha value is -1.46. The SMILES string of the molecule is O=C(O)CC1CN(C(=O)COc2ccc(Cl)cc2Cl)C1. The van der Waals surface area contributed by atoms with Crippen LogP contribution in [0, 0.1) is 5.92 Å². The number of carboxylic acids is 1. The fraction of sp³-hybridized carbons (Fsp3) is 0.385. The third-order valence-corrected chi connectivity index (χ3v) is 3.55. The fourth-order valence-electron chi connectivity index (χ4n) is 1.97. The monoisotopic (exact) mass is 317 g/mol. The first-order chi connectivity index (χ1) is 9.45. The van der Waals surface area contributed by atoms with Gasteiger partial charge in [0.15, 0.2) is 6.61 Å². The predicted octanol–water partition coefficient (Wildman–Crippen LogP) is 2.31. The first kappa shape index (κ1) is 14.9. The minimum atomic E-state index is -0.841. The number of hydrogen-bond acceptors (Lipinski definition) is 3. The van der Waals surface area contributed by atoms with Crippen molar-refractivity contribution in [2.75, 3.05) is 19.7 Å². The molecule has 108 valence electrons. The zero-order valence-electron chi connectivity index (χ0n) is 10.5. The molecule has 0 spiro atoms. The van der Waals surface area contributed by atoms with Gasteiger partial charge in [-0.3, -0.25) is 9.59 Å². The molecule has 0 aromatic heterocycles. The van der Waals surface area contributed by atoms with Crippen LogP contribution in [0.4, 0.5) is 0 Å². The second kappa shape index (κ2) is 6.33. The highest BCUT2D eigenvalue weighted by atomic mass is 35.5. The van der Waals surface area contributed by atoms with Crippen molar-refractivity contribution in [1.82, 2.24) is 4.90 Å². The first-order valence-electron chi connectivity index (χ1n) is 6.03. The minimum absolute atomic E-state index is 0.0376. The van der Waals surface area contributed by atoms with Crippen LogP contribution in [0.25, 0.3) is 0 Å². The van der Waals surface area contributed by atoms with Crippen molar-refractivity contribution >= 4 is 35.1 Å². The van der Waals surface area contributed by atoms with E-state index in [9.17, 15) is 9.59 Å². The number of nitrogens with zero attached hydrogens (tertiary/aromatic N) is 1. The number of carbonyl (C=O) groups excluding carboxylic acids is 1. The molecule has 1 fully saturated rings. The smallest absolute Gasteiger partial charge is 0.303 e. The molecule has 0 radical (unpaired) electrons. The van der Waals surface area contributed by atoms with E-state index in [0.717, 1.165) is 0 Å². The molecular formula is C13H13Cl2NO4. The second-order valence-corrected chi connectivity index (χ2v) is 5.47. The lowest BCUT2D eigenvalue weighted by Crippen LogP contribution is -2.52. The topological polar surface area (TPSA) is 66.8 Å². The third-order valence-electron chi connectivity index (χ3n) is 3.02. The number of amides is 1. The summed E-state index contributed by atoms with van der Waals surface area (Å²) in [5.74, 6) is -0.591.